The second kappa shape index (κ2) is 3.73. The molecule has 1 aromatic heterocycles. The Morgan fingerprint density at radius 2 is 2.00 bits per heavy atom. The Bertz CT molecular complexity index is 760. The molecule has 0 radical (unpaired) electrons. The number of methoxy groups -OCH3 is 1. The van der Waals surface area contributed by atoms with Crippen molar-refractivity contribution in [3.63, 3.8) is 0 Å². The van der Waals surface area contributed by atoms with Crippen molar-refractivity contribution in [1.82, 2.24) is 0 Å². The van der Waals surface area contributed by atoms with Crippen LogP contribution in [0.15, 0.2) is 40.8 Å². The van der Waals surface area contributed by atoms with Crippen LogP contribution in [0.1, 0.15) is 0 Å². The molecular weight excluding hydrogens is 234 g/mol. The minimum absolute atomic E-state index is 0.0828. The zero-order chi connectivity index (χ0) is 12.7. The molecule has 0 atom stereocenters. The summed E-state index contributed by atoms with van der Waals surface area (Å²) >= 11 is 0. The van der Waals surface area contributed by atoms with E-state index in [4.69, 9.17) is 9.15 Å². The molecule has 0 aliphatic carbocycles. The predicted octanol–water partition coefficient (Wildman–Crippen LogP) is 3.50. The molecule has 0 unspecified atom stereocenters. The Balaban J connectivity index is 2.50. The van der Waals surface area contributed by atoms with Crippen molar-refractivity contribution >= 4 is 27.6 Å². The van der Waals surface area contributed by atoms with Crippen LogP contribution in [0.5, 0.6) is 5.75 Å². The first-order valence-electron chi connectivity index (χ1n) is 5.34. The fraction of sp³-hybridized carbons (Fsp3) is 0.0769. The van der Waals surface area contributed by atoms with Gasteiger partial charge in [-0.2, -0.15) is 0 Å². The van der Waals surface area contributed by atoms with Crippen molar-refractivity contribution in [2.75, 3.05) is 7.11 Å². The lowest BCUT2D eigenvalue weighted by Gasteiger charge is -1.99. The summed E-state index contributed by atoms with van der Waals surface area (Å²) in [5.41, 5.74) is 0.825. The van der Waals surface area contributed by atoms with Gasteiger partial charge >= 0.3 is 5.69 Å². The van der Waals surface area contributed by atoms with Crippen LogP contribution in [-0.2, 0) is 0 Å². The lowest BCUT2D eigenvalue weighted by molar-refractivity contribution is -0.383. The summed E-state index contributed by atoms with van der Waals surface area (Å²) in [6.07, 6.45) is 0. The van der Waals surface area contributed by atoms with E-state index < -0.39 is 4.92 Å². The first-order chi connectivity index (χ1) is 8.70. The SMILES string of the molecule is COc1cc([N+](=O)[O-])c2oc3ccccc3c2c1. The van der Waals surface area contributed by atoms with Crippen molar-refractivity contribution in [3.8, 4) is 5.75 Å². The minimum atomic E-state index is -0.465. The van der Waals surface area contributed by atoms with Gasteiger partial charge in [-0.15, -0.1) is 0 Å². The van der Waals surface area contributed by atoms with Crippen LogP contribution in [-0.4, -0.2) is 12.0 Å². The van der Waals surface area contributed by atoms with Crippen LogP contribution in [0, 0.1) is 10.1 Å². The zero-order valence-electron chi connectivity index (χ0n) is 9.54. The fourth-order valence-electron chi connectivity index (χ4n) is 2.04. The molecule has 0 aliphatic rings. The molecule has 0 amide bonds. The number of nitro benzene ring substituents is 1. The minimum Gasteiger partial charge on any atom is -0.496 e. The Kier molecular flexibility index (Phi) is 2.19. The predicted molar refractivity (Wildman–Crippen MR) is 66.9 cm³/mol. The normalized spacial score (nSPS) is 10.9. The molecule has 90 valence electrons. The Morgan fingerprint density at radius 1 is 1.22 bits per heavy atom. The van der Waals surface area contributed by atoms with Gasteiger partial charge in [0, 0.05) is 10.8 Å². The molecule has 3 aromatic rings. The van der Waals surface area contributed by atoms with Crippen molar-refractivity contribution in [2.45, 2.75) is 0 Å². The highest BCUT2D eigenvalue weighted by Crippen LogP contribution is 2.37. The number of nitro groups is 1. The molecule has 0 saturated carbocycles. The third-order valence-corrected chi connectivity index (χ3v) is 2.86. The standard InChI is InChI=1S/C13H9NO4/c1-17-8-6-10-9-4-2-3-5-12(9)18-13(10)11(7-8)14(15)16/h2-7H,1H3. The highest BCUT2D eigenvalue weighted by molar-refractivity contribution is 6.08. The van der Waals surface area contributed by atoms with E-state index in [1.807, 2.05) is 18.2 Å². The van der Waals surface area contributed by atoms with Crippen LogP contribution >= 0.6 is 0 Å². The molecule has 18 heavy (non-hydrogen) atoms. The van der Waals surface area contributed by atoms with E-state index in [1.165, 1.54) is 13.2 Å². The third-order valence-electron chi connectivity index (χ3n) is 2.86. The lowest BCUT2D eigenvalue weighted by Crippen LogP contribution is -1.90. The van der Waals surface area contributed by atoms with Crippen LogP contribution < -0.4 is 4.74 Å². The van der Waals surface area contributed by atoms with E-state index in [0.29, 0.717) is 16.7 Å². The largest absolute Gasteiger partial charge is 0.496 e. The van der Waals surface area contributed by atoms with Gasteiger partial charge in [0.15, 0.2) is 0 Å². The summed E-state index contributed by atoms with van der Waals surface area (Å²) < 4.78 is 10.6. The summed E-state index contributed by atoms with van der Waals surface area (Å²) in [4.78, 5) is 10.6. The molecular formula is C13H9NO4. The molecule has 0 saturated heterocycles. The topological polar surface area (TPSA) is 65.5 Å². The van der Waals surface area contributed by atoms with Crippen LogP contribution in [0.4, 0.5) is 5.69 Å². The van der Waals surface area contributed by atoms with Crippen LogP contribution in [0.25, 0.3) is 21.9 Å². The monoisotopic (exact) mass is 243 g/mol. The summed E-state index contributed by atoms with van der Waals surface area (Å²) in [5, 5.41) is 12.6. The van der Waals surface area contributed by atoms with E-state index >= 15 is 0 Å². The summed E-state index contributed by atoms with van der Waals surface area (Å²) in [6.45, 7) is 0. The first-order valence-corrected chi connectivity index (χ1v) is 5.34. The van der Waals surface area contributed by atoms with Gasteiger partial charge in [0.05, 0.1) is 18.1 Å². The Hall–Kier alpha value is -2.56. The summed E-state index contributed by atoms with van der Waals surface area (Å²) in [6, 6.07) is 10.4. The molecule has 5 heteroatoms. The van der Waals surface area contributed by atoms with Gasteiger partial charge in [-0.1, -0.05) is 18.2 Å². The van der Waals surface area contributed by atoms with E-state index in [1.54, 1.807) is 12.1 Å². The first kappa shape index (κ1) is 10.6. The fourth-order valence-corrected chi connectivity index (χ4v) is 2.04. The van der Waals surface area contributed by atoms with Gasteiger partial charge in [-0.05, 0) is 12.1 Å². The summed E-state index contributed by atoms with van der Waals surface area (Å²) in [7, 11) is 1.48. The smallest absolute Gasteiger partial charge is 0.315 e. The maximum atomic E-state index is 11.0. The number of benzene rings is 2. The van der Waals surface area contributed by atoms with E-state index in [0.717, 1.165) is 5.39 Å². The van der Waals surface area contributed by atoms with Gasteiger partial charge in [-0.3, -0.25) is 10.1 Å². The van der Waals surface area contributed by atoms with Crippen molar-refractivity contribution < 1.29 is 14.1 Å². The highest BCUT2D eigenvalue weighted by Gasteiger charge is 2.20. The van der Waals surface area contributed by atoms with Gasteiger partial charge in [0.25, 0.3) is 0 Å². The maximum absolute atomic E-state index is 11.0. The molecule has 5 nitrogen and oxygen atoms in total. The third kappa shape index (κ3) is 1.41. The number of furan rings is 1. The van der Waals surface area contributed by atoms with Gasteiger partial charge in [-0.25, -0.2) is 0 Å². The van der Waals surface area contributed by atoms with Gasteiger partial charge < -0.3 is 9.15 Å². The summed E-state index contributed by atoms with van der Waals surface area (Å²) in [5.74, 6) is 0.445. The average molecular weight is 243 g/mol. The van der Waals surface area contributed by atoms with Crippen LogP contribution in [0.2, 0.25) is 0 Å². The zero-order valence-corrected chi connectivity index (χ0v) is 9.54. The second-order valence-corrected chi connectivity index (χ2v) is 3.88. The molecule has 0 aliphatic heterocycles. The number of hydrogen-bond donors (Lipinski definition) is 0. The lowest BCUT2D eigenvalue weighted by atomic mass is 10.1. The van der Waals surface area contributed by atoms with Crippen molar-refractivity contribution in [2.24, 2.45) is 0 Å². The van der Waals surface area contributed by atoms with Gasteiger partial charge in [0.2, 0.25) is 5.58 Å². The molecule has 0 spiro atoms. The Labute approximate surface area is 102 Å². The molecule has 1 heterocycles. The van der Waals surface area contributed by atoms with E-state index in [2.05, 4.69) is 0 Å². The van der Waals surface area contributed by atoms with Crippen molar-refractivity contribution in [3.05, 3.63) is 46.5 Å². The average Bonchev–Trinajstić information content (AvgIpc) is 2.75. The maximum Gasteiger partial charge on any atom is 0.315 e. The van der Waals surface area contributed by atoms with E-state index in [-0.39, 0.29) is 11.3 Å². The van der Waals surface area contributed by atoms with E-state index in [9.17, 15) is 10.1 Å². The number of fused-ring (bicyclic) bond motifs is 3. The number of non-ortho nitro benzene ring substituents is 1. The number of hydrogen-bond acceptors (Lipinski definition) is 4. The highest BCUT2D eigenvalue weighted by atomic mass is 16.6. The van der Waals surface area contributed by atoms with Crippen molar-refractivity contribution in [1.29, 1.82) is 0 Å². The molecule has 2 aromatic carbocycles. The molecule has 0 N–H and O–H groups in total. The number of ether oxygens (including phenoxy) is 1. The Morgan fingerprint density at radius 3 is 2.72 bits per heavy atom. The van der Waals surface area contributed by atoms with Crippen LogP contribution in [0.3, 0.4) is 0 Å². The molecule has 0 bridgehead atoms. The molecule has 0 fully saturated rings. The van der Waals surface area contributed by atoms with Gasteiger partial charge in [0.1, 0.15) is 11.3 Å². The number of rotatable bonds is 2. The quantitative estimate of drug-likeness (QED) is 0.510. The molecule has 3 rings (SSSR count). The second-order valence-electron chi connectivity index (χ2n) is 3.88. The number of nitrogens with zero attached hydrogens (tertiary/aromatic N) is 1. The number of para-hydroxylation sites is 1.